The second kappa shape index (κ2) is 5.65. The standard InChI is InChI=1S/C15H14BrN5/c1-10-2-4-11(5-3-10)9-21-15(18-19-20-21)12-6-13(16)8-14(17)7-12/h2-8H,9,17H2,1H3. The van der Waals surface area contributed by atoms with E-state index in [1.54, 1.807) is 4.68 Å². The third-order valence-electron chi connectivity index (χ3n) is 3.16. The first kappa shape index (κ1) is 13.8. The van der Waals surface area contributed by atoms with Gasteiger partial charge in [-0.1, -0.05) is 45.8 Å². The van der Waals surface area contributed by atoms with Gasteiger partial charge in [-0.05, 0) is 41.1 Å². The lowest BCUT2D eigenvalue weighted by Gasteiger charge is -2.06. The van der Waals surface area contributed by atoms with Gasteiger partial charge in [0.05, 0.1) is 6.54 Å². The van der Waals surface area contributed by atoms with Crippen LogP contribution in [0.2, 0.25) is 0 Å². The molecule has 106 valence electrons. The molecule has 3 aromatic rings. The SMILES string of the molecule is Cc1ccc(Cn2nnnc2-c2cc(N)cc(Br)c2)cc1. The van der Waals surface area contributed by atoms with Crippen molar-refractivity contribution in [2.45, 2.75) is 13.5 Å². The molecule has 2 N–H and O–H groups in total. The molecule has 0 amide bonds. The fourth-order valence-electron chi connectivity index (χ4n) is 2.13. The van der Waals surface area contributed by atoms with Gasteiger partial charge in [-0.25, -0.2) is 4.68 Å². The second-order valence-corrected chi connectivity index (χ2v) is 5.83. The number of nitrogens with two attached hydrogens (primary N) is 1. The summed E-state index contributed by atoms with van der Waals surface area (Å²) in [6.07, 6.45) is 0. The molecule has 0 bridgehead atoms. The van der Waals surface area contributed by atoms with Crippen LogP contribution >= 0.6 is 15.9 Å². The minimum atomic E-state index is 0.620. The molecule has 3 rings (SSSR count). The van der Waals surface area contributed by atoms with Crippen molar-refractivity contribution < 1.29 is 0 Å². The van der Waals surface area contributed by atoms with Gasteiger partial charge >= 0.3 is 0 Å². The summed E-state index contributed by atoms with van der Waals surface area (Å²) in [5.74, 6) is 0.698. The summed E-state index contributed by atoms with van der Waals surface area (Å²) in [5.41, 5.74) is 9.82. The summed E-state index contributed by atoms with van der Waals surface area (Å²) >= 11 is 3.44. The predicted octanol–water partition coefficient (Wildman–Crippen LogP) is 3.04. The maximum atomic E-state index is 5.88. The lowest BCUT2D eigenvalue weighted by atomic mass is 10.1. The molecular formula is C15H14BrN5. The fraction of sp³-hybridized carbons (Fsp3) is 0.133. The molecule has 0 aliphatic carbocycles. The second-order valence-electron chi connectivity index (χ2n) is 4.92. The van der Waals surface area contributed by atoms with Crippen molar-refractivity contribution in [3.63, 3.8) is 0 Å². The Morgan fingerprint density at radius 1 is 1.14 bits per heavy atom. The van der Waals surface area contributed by atoms with Gasteiger partial charge in [0.15, 0.2) is 5.82 Å². The zero-order valence-electron chi connectivity index (χ0n) is 11.5. The van der Waals surface area contributed by atoms with E-state index in [1.165, 1.54) is 5.56 Å². The Bertz CT molecular complexity index is 744. The van der Waals surface area contributed by atoms with Gasteiger partial charge in [-0.3, -0.25) is 0 Å². The number of rotatable bonds is 3. The average Bonchev–Trinajstić information content (AvgIpc) is 2.88. The normalized spacial score (nSPS) is 10.8. The fourth-order valence-corrected chi connectivity index (χ4v) is 2.64. The number of hydrogen-bond acceptors (Lipinski definition) is 4. The average molecular weight is 344 g/mol. The Labute approximate surface area is 130 Å². The summed E-state index contributed by atoms with van der Waals surface area (Å²) in [5, 5.41) is 12.0. The highest BCUT2D eigenvalue weighted by molar-refractivity contribution is 9.10. The van der Waals surface area contributed by atoms with Gasteiger partial charge in [-0.2, -0.15) is 0 Å². The van der Waals surface area contributed by atoms with Crippen LogP contribution in [0, 0.1) is 6.92 Å². The summed E-state index contributed by atoms with van der Waals surface area (Å²) in [6, 6.07) is 14.0. The molecule has 1 aromatic heterocycles. The van der Waals surface area contributed by atoms with E-state index in [4.69, 9.17) is 5.73 Å². The van der Waals surface area contributed by atoms with Gasteiger partial charge < -0.3 is 5.73 Å². The molecule has 0 atom stereocenters. The molecule has 21 heavy (non-hydrogen) atoms. The van der Waals surface area contributed by atoms with Crippen molar-refractivity contribution in [1.82, 2.24) is 20.2 Å². The molecule has 0 aliphatic heterocycles. The van der Waals surface area contributed by atoms with Crippen molar-refractivity contribution in [1.29, 1.82) is 0 Å². The molecule has 0 radical (unpaired) electrons. The summed E-state index contributed by atoms with van der Waals surface area (Å²) < 4.78 is 2.67. The maximum absolute atomic E-state index is 5.88. The largest absolute Gasteiger partial charge is 0.399 e. The number of aryl methyl sites for hydroxylation is 1. The number of halogens is 1. The molecule has 5 nitrogen and oxygen atoms in total. The van der Waals surface area contributed by atoms with E-state index in [-0.39, 0.29) is 0 Å². The first-order chi connectivity index (χ1) is 10.1. The Hall–Kier alpha value is -2.21. The van der Waals surface area contributed by atoms with Gasteiger partial charge in [0.1, 0.15) is 0 Å². The Kier molecular flexibility index (Phi) is 3.70. The van der Waals surface area contributed by atoms with E-state index in [0.717, 1.165) is 15.6 Å². The van der Waals surface area contributed by atoms with Crippen LogP contribution in [-0.4, -0.2) is 20.2 Å². The summed E-state index contributed by atoms with van der Waals surface area (Å²) in [7, 11) is 0. The molecule has 2 aromatic carbocycles. The van der Waals surface area contributed by atoms with Crippen LogP contribution in [0.25, 0.3) is 11.4 Å². The van der Waals surface area contributed by atoms with Gasteiger partial charge in [0.25, 0.3) is 0 Å². The van der Waals surface area contributed by atoms with Crippen molar-refractivity contribution >= 4 is 21.6 Å². The van der Waals surface area contributed by atoms with Crippen molar-refractivity contribution in [3.05, 3.63) is 58.1 Å². The van der Waals surface area contributed by atoms with E-state index in [1.807, 2.05) is 18.2 Å². The Balaban J connectivity index is 1.95. The van der Waals surface area contributed by atoms with Gasteiger partial charge in [0, 0.05) is 15.7 Å². The lowest BCUT2D eigenvalue weighted by Crippen LogP contribution is -2.04. The quantitative estimate of drug-likeness (QED) is 0.742. The molecule has 0 aliphatic rings. The van der Waals surface area contributed by atoms with Crippen molar-refractivity contribution in [3.8, 4) is 11.4 Å². The highest BCUT2D eigenvalue weighted by Crippen LogP contribution is 2.24. The van der Waals surface area contributed by atoms with Crippen molar-refractivity contribution in [2.75, 3.05) is 5.73 Å². The number of nitrogen functional groups attached to an aromatic ring is 1. The van der Waals surface area contributed by atoms with E-state index in [9.17, 15) is 0 Å². The first-order valence-electron chi connectivity index (χ1n) is 6.50. The molecule has 0 saturated heterocycles. The first-order valence-corrected chi connectivity index (χ1v) is 7.29. The number of aromatic nitrogens is 4. The minimum absolute atomic E-state index is 0.620. The molecule has 1 heterocycles. The number of nitrogens with zero attached hydrogens (tertiary/aromatic N) is 4. The van der Waals surface area contributed by atoms with Crippen LogP contribution in [-0.2, 0) is 6.54 Å². The van der Waals surface area contributed by atoms with Crippen LogP contribution in [0.15, 0.2) is 46.9 Å². The number of anilines is 1. The highest BCUT2D eigenvalue weighted by Gasteiger charge is 2.10. The molecule has 0 fully saturated rings. The molecule has 0 spiro atoms. The Morgan fingerprint density at radius 2 is 1.90 bits per heavy atom. The monoisotopic (exact) mass is 343 g/mol. The predicted molar refractivity (Wildman–Crippen MR) is 85.6 cm³/mol. The van der Waals surface area contributed by atoms with Crippen molar-refractivity contribution in [2.24, 2.45) is 0 Å². The van der Waals surface area contributed by atoms with Crippen LogP contribution in [0.1, 0.15) is 11.1 Å². The van der Waals surface area contributed by atoms with Crippen LogP contribution < -0.4 is 5.73 Å². The minimum Gasteiger partial charge on any atom is -0.399 e. The summed E-state index contributed by atoms with van der Waals surface area (Å²) in [6.45, 7) is 2.69. The highest BCUT2D eigenvalue weighted by atomic mass is 79.9. The Morgan fingerprint density at radius 3 is 2.62 bits per heavy atom. The molecule has 0 saturated carbocycles. The number of tetrazole rings is 1. The van der Waals surface area contributed by atoms with Gasteiger partial charge in [0.2, 0.25) is 0 Å². The molecular weight excluding hydrogens is 330 g/mol. The smallest absolute Gasteiger partial charge is 0.182 e. The topological polar surface area (TPSA) is 69.6 Å². The van der Waals surface area contributed by atoms with E-state index < -0.39 is 0 Å². The molecule has 0 unspecified atom stereocenters. The zero-order valence-corrected chi connectivity index (χ0v) is 13.1. The zero-order chi connectivity index (χ0) is 14.8. The van der Waals surface area contributed by atoms with Crippen LogP contribution in [0.5, 0.6) is 0 Å². The molecule has 6 heteroatoms. The van der Waals surface area contributed by atoms with Crippen LogP contribution in [0.3, 0.4) is 0 Å². The van der Waals surface area contributed by atoms with E-state index >= 15 is 0 Å². The summed E-state index contributed by atoms with van der Waals surface area (Å²) in [4.78, 5) is 0. The van der Waals surface area contributed by atoms with Gasteiger partial charge in [-0.15, -0.1) is 5.10 Å². The lowest BCUT2D eigenvalue weighted by molar-refractivity contribution is 0.653. The van der Waals surface area contributed by atoms with E-state index in [0.29, 0.717) is 18.1 Å². The number of benzene rings is 2. The van der Waals surface area contributed by atoms with Crippen LogP contribution in [0.4, 0.5) is 5.69 Å². The maximum Gasteiger partial charge on any atom is 0.182 e. The third-order valence-corrected chi connectivity index (χ3v) is 3.62. The van der Waals surface area contributed by atoms with E-state index in [2.05, 4.69) is 62.6 Å². The third kappa shape index (κ3) is 3.11. The number of hydrogen-bond donors (Lipinski definition) is 1.